The van der Waals surface area contributed by atoms with E-state index in [9.17, 15) is 4.21 Å². The highest BCUT2D eigenvalue weighted by Crippen LogP contribution is 2.33. The van der Waals surface area contributed by atoms with Crippen LogP contribution in [0.2, 0.25) is 0 Å². The summed E-state index contributed by atoms with van der Waals surface area (Å²) >= 11 is 0. The van der Waals surface area contributed by atoms with E-state index < -0.39 is 9.73 Å². The van der Waals surface area contributed by atoms with Gasteiger partial charge in [0.25, 0.3) is 0 Å². The van der Waals surface area contributed by atoms with E-state index in [-0.39, 0.29) is 6.04 Å². The number of H-pyrrole nitrogens is 1. The predicted octanol–water partition coefficient (Wildman–Crippen LogP) is 3.38. The molecule has 2 atom stereocenters. The quantitative estimate of drug-likeness (QED) is 0.672. The van der Waals surface area contributed by atoms with Crippen LogP contribution in [0.25, 0.3) is 22.4 Å². The molecular formula is C21H26N6O2S. The van der Waals surface area contributed by atoms with Crippen LogP contribution in [0.15, 0.2) is 35.0 Å². The van der Waals surface area contributed by atoms with Gasteiger partial charge in [-0.15, -0.1) is 0 Å². The van der Waals surface area contributed by atoms with Crippen molar-refractivity contribution >= 4 is 32.4 Å². The van der Waals surface area contributed by atoms with Crippen LogP contribution in [0.1, 0.15) is 19.8 Å². The summed E-state index contributed by atoms with van der Waals surface area (Å²) in [7, 11) is -2.34. The van der Waals surface area contributed by atoms with Gasteiger partial charge >= 0.3 is 0 Å². The number of pyridine rings is 1. The maximum absolute atomic E-state index is 13.1. The summed E-state index contributed by atoms with van der Waals surface area (Å²) in [4.78, 5) is 19.3. The Kier molecular flexibility index (Phi) is 4.94. The molecule has 30 heavy (non-hydrogen) atoms. The first-order chi connectivity index (χ1) is 14.5. The van der Waals surface area contributed by atoms with Crippen LogP contribution in [0.5, 0.6) is 0 Å². The molecule has 0 amide bonds. The van der Waals surface area contributed by atoms with E-state index in [2.05, 4.69) is 26.2 Å². The highest BCUT2D eigenvalue weighted by Gasteiger charge is 2.26. The van der Waals surface area contributed by atoms with Gasteiger partial charge in [-0.2, -0.15) is 4.36 Å². The third-order valence-corrected chi connectivity index (χ3v) is 7.25. The van der Waals surface area contributed by atoms with Crippen molar-refractivity contribution in [3.8, 4) is 11.4 Å². The van der Waals surface area contributed by atoms with Gasteiger partial charge in [-0.1, -0.05) is 0 Å². The second-order valence-electron chi connectivity index (χ2n) is 8.28. The molecule has 5 rings (SSSR count). The molecule has 2 fully saturated rings. The average molecular weight is 427 g/mol. The summed E-state index contributed by atoms with van der Waals surface area (Å²) < 4.78 is 23.3. The number of morpholine rings is 1. The van der Waals surface area contributed by atoms with Crippen molar-refractivity contribution in [1.29, 1.82) is 0 Å². The van der Waals surface area contributed by atoms with Gasteiger partial charge in [0.1, 0.15) is 11.5 Å². The minimum atomic E-state index is -2.34. The monoisotopic (exact) mass is 426 g/mol. The lowest BCUT2D eigenvalue weighted by Crippen LogP contribution is -2.44. The normalized spacial score (nSPS) is 21.5. The van der Waals surface area contributed by atoms with Gasteiger partial charge in [-0.05, 0) is 37.8 Å². The van der Waals surface area contributed by atoms with Gasteiger partial charge in [0.15, 0.2) is 11.6 Å². The van der Waals surface area contributed by atoms with Crippen LogP contribution < -0.4 is 4.90 Å². The molecule has 8 nitrogen and oxygen atoms in total. The van der Waals surface area contributed by atoms with E-state index in [1.54, 1.807) is 12.5 Å². The second-order valence-corrected chi connectivity index (χ2v) is 10.7. The van der Waals surface area contributed by atoms with E-state index >= 15 is 0 Å². The molecule has 4 heterocycles. The number of aromatic nitrogens is 4. The summed E-state index contributed by atoms with van der Waals surface area (Å²) in [5, 5.41) is 0.950. The molecule has 2 aliphatic rings. The van der Waals surface area contributed by atoms with Gasteiger partial charge in [0.05, 0.1) is 29.0 Å². The van der Waals surface area contributed by atoms with Crippen molar-refractivity contribution in [2.75, 3.05) is 36.7 Å². The Morgan fingerprint density at radius 1 is 1.33 bits per heavy atom. The number of aromatic amines is 1. The minimum Gasteiger partial charge on any atom is -0.377 e. The summed E-state index contributed by atoms with van der Waals surface area (Å²) in [5.41, 5.74) is 1.66. The van der Waals surface area contributed by atoms with E-state index in [1.807, 2.05) is 24.4 Å². The third kappa shape index (κ3) is 4.04. The summed E-state index contributed by atoms with van der Waals surface area (Å²) in [6, 6.07) is 5.93. The van der Waals surface area contributed by atoms with Gasteiger partial charge in [-0.25, -0.2) is 19.2 Å². The third-order valence-electron chi connectivity index (χ3n) is 5.59. The zero-order valence-corrected chi connectivity index (χ0v) is 18.1. The largest absolute Gasteiger partial charge is 0.377 e. The molecule has 0 bridgehead atoms. The number of fused-ring (bicyclic) bond motifs is 1. The predicted molar refractivity (Wildman–Crippen MR) is 118 cm³/mol. The second kappa shape index (κ2) is 7.63. The molecule has 1 aliphatic carbocycles. The number of anilines is 1. The topological polar surface area (TPSA) is 96.4 Å². The molecule has 0 spiro atoms. The first kappa shape index (κ1) is 19.4. The molecular weight excluding hydrogens is 400 g/mol. The van der Waals surface area contributed by atoms with Crippen LogP contribution in [0.3, 0.4) is 0 Å². The van der Waals surface area contributed by atoms with E-state index in [0.29, 0.717) is 36.5 Å². The van der Waals surface area contributed by atoms with Crippen LogP contribution in [0, 0.1) is 5.92 Å². The summed E-state index contributed by atoms with van der Waals surface area (Å²) in [6.45, 7) is 4.16. The maximum atomic E-state index is 13.1. The Balaban J connectivity index is 1.64. The molecule has 0 radical (unpaired) electrons. The van der Waals surface area contributed by atoms with E-state index in [4.69, 9.17) is 14.7 Å². The molecule has 158 valence electrons. The Morgan fingerprint density at radius 3 is 3.00 bits per heavy atom. The Morgan fingerprint density at radius 2 is 2.20 bits per heavy atom. The van der Waals surface area contributed by atoms with Crippen molar-refractivity contribution in [3.05, 3.63) is 30.6 Å². The molecule has 1 saturated carbocycles. The summed E-state index contributed by atoms with van der Waals surface area (Å²) in [5.74, 6) is 3.00. The zero-order valence-electron chi connectivity index (χ0n) is 17.2. The Bertz CT molecular complexity index is 1200. The number of hydrogen-bond donors (Lipinski definition) is 1. The highest BCUT2D eigenvalue weighted by molar-refractivity contribution is 7.93. The Hall–Kier alpha value is -2.52. The molecule has 3 aromatic heterocycles. The maximum Gasteiger partial charge on any atom is 0.167 e. The lowest BCUT2D eigenvalue weighted by Gasteiger charge is -2.34. The average Bonchev–Trinajstić information content (AvgIpc) is 3.37. The lowest BCUT2D eigenvalue weighted by molar-refractivity contribution is 0.0985. The van der Waals surface area contributed by atoms with Crippen molar-refractivity contribution in [2.24, 2.45) is 10.3 Å². The molecule has 9 heteroatoms. The van der Waals surface area contributed by atoms with Gasteiger partial charge in [0.2, 0.25) is 0 Å². The Labute approximate surface area is 176 Å². The smallest absolute Gasteiger partial charge is 0.167 e. The number of nitrogens with one attached hydrogen (secondary N) is 1. The van der Waals surface area contributed by atoms with Gasteiger partial charge < -0.3 is 14.6 Å². The number of hydrogen-bond acceptors (Lipinski definition) is 7. The fraction of sp³-hybridized carbons (Fsp3) is 0.476. The number of nitrogens with zero attached hydrogens (tertiary/aromatic N) is 5. The number of rotatable bonds is 5. The van der Waals surface area contributed by atoms with Crippen LogP contribution >= 0.6 is 0 Å². The molecule has 3 aromatic rings. The highest BCUT2D eigenvalue weighted by atomic mass is 32.2. The van der Waals surface area contributed by atoms with Crippen molar-refractivity contribution < 1.29 is 8.95 Å². The molecule has 0 aromatic carbocycles. The molecule has 1 unspecified atom stereocenters. The van der Waals surface area contributed by atoms with E-state index in [0.717, 1.165) is 41.8 Å². The van der Waals surface area contributed by atoms with Crippen molar-refractivity contribution in [1.82, 2.24) is 19.9 Å². The molecule has 1 aliphatic heterocycles. The van der Waals surface area contributed by atoms with Crippen molar-refractivity contribution in [2.45, 2.75) is 25.8 Å². The fourth-order valence-electron chi connectivity index (χ4n) is 3.92. The standard InChI is InChI=1S/C21H26N6O2S/c1-14-12-29-10-9-27(14)19-11-18(26-30(2,28)13-15-3-4-15)24-21(25-19)17-6-8-23-20-16(17)5-7-22-20/h5-8,11,14-15H,3-4,9-10,12-13H2,1-2H3,(H,22,23)/t14-,30?/m1/s1. The van der Waals surface area contributed by atoms with Gasteiger partial charge in [-0.3, -0.25) is 0 Å². The van der Waals surface area contributed by atoms with Crippen LogP contribution in [-0.4, -0.2) is 62.0 Å². The zero-order chi connectivity index (χ0) is 20.7. The van der Waals surface area contributed by atoms with E-state index in [1.165, 1.54) is 0 Å². The van der Waals surface area contributed by atoms with Crippen LogP contribution in [-0.2, 0) is 14.5 Å². The van der Waals surface area contributed by atoms with Crippen molar-refractivity contribution in [3.63, 3.8) is 0 Å². The first-order valence-electron chi connectivity index (χ1n) is 10.3. The SMILES string of the molecule is C[C@@H]1COCCN1c1cc(N=S(C)(=O)CC2CC2)nc(-c2ccnc3[nH]ccc23)n1. The lowest BCUT2D eigenvalue weighted by atomic mass is 10.1. The molecule has 1 N–H and O–H groups in total. The fourth-order valence-corrected chi connectivity index (χ4v) is 5.69. The molecule has 1 saturated heterocycles. The summed E-state index contributed by atoms with van der Waals surface area (Å²) in [6.07, 6.45) is 7.63. The number of ether oxygens (including phenoxy) is 1. The first-order valence-corrected chi connectivity index (χ1v) is 12.4. The minimum absolute atomic E-state index is 0.191. The van der Waals surface area contributed by atoms with Gasteiger partial charge in [0, 0.05) is 48.0 Å². The van der Waals surface area contributed by atoms with Crippen LogP contribution in [0.4, 0.5) is 11.6 Å².